The molecule has 3 aromatic rings. The molecule has 1 N–H and O–H groups in total. The lowest BCUT2D eigenvalue weighted by Gasteiger charge is -2.26. The fourth-order valence-electron chi connectivity index (χ4n) is 5.40. The van der Waals surface area contributed by atoms with E-state index in [-0.39, 0.29) is 11.3 Å². The highest BCUT2D eigenvalue weighted by Crippen LogP contribution is 2.34. The van der Waals surface area contributed by atoms with Crippen molar-refractivity contribution in [3.8, 4) is 28.5 Å². The number of ether oxygens (including phenoxy) is 3. The second-order valence-electron chi connectivity index (χ2n) is 10.9. The Balaban J connectivity index is 1.62. The van der Waals surface area contributed by atoms with Gasteiger partial charge in [0.2, 0.25) is 5.91 Å². The zero-order valence-electron chi connectivity index (χ0n) is 25.1. The molecule has 41 heavy (non-hydrogen) atoms. The molecule has 1 amide bonds. The third-order valence-electron chi connectivity index (χ3n) is 7.63. The number of anilines is 1. The molecule has 4 rings (SSSR count). The summed E-state index contributed by atoms with van der Waals surface area (Å²) in [7, 11) is 9.02. The number of nitrogens with one attached hydrogen (secondary N) is 1. The predicted molar refractivity (Wildman–Crippen MR) is 165 cm³/mol. The Bertz CT molecular complexity index is 1400. The summed E-state index contributed by atoms with van der Waals surface area (Å²) >= 11 is 0. The summed E-state index contributed by atoms with van der Waals surface area (Å²) in [5.41, 5.74) is 2.64. The fraction of sp³-hybridized carbons (Fsp3) is 0.500. The molecule has 222 valence electrons. The Morgan fingerprint density at radius 2 is 1.76 bits per heavy atom. The number of piperidine rings is 1. The molecule has 0 atom stereocenters. The van der Waals surface area contributed by atoms with Gasteiger partial charge in [-0.15, -0.1) is 0 Å². The summed E-state index contributed by atoms with van der Waals surface area (Å²) in [4.78, 5) is 30.7. The normalized spacial score (nSPS) is 13.9. The van der Waals surface area contributed by atoms with Gasteiger partial charge in [0.05, 0.1) is 43.1 Å². The van der Waals surface area contributed by atoms with Crippen molar-refractivity contribution >= 4 is 22.5 Å². The molecule has 1 fully saturated rings. The van der Waals surface area contributed by atoms with Crippen molar-refractivity contribution in [2.75, 3.05) is 66.4 Å². The van der Waals surface area contributed by atoms with E-state index in [0.29, 0.717) is 52.6 Å². The number of aromatic nitrogens is 1. The molecule has 2 aromatic carbocycles. The number of hydrogen-bond donors (Lipinski definition) is 1. The standard InChI is InChI=1S/C32H44N4O5/c1-34(2)14-9-11-31(38)33-25-19-23(12-13-29(25)41-18-10-17-36-15-7-6-8-16-36)26-22-28(37)32-27(35(26)3)20-24(39-4)21-30(32)40-5/h12-13,19-22H,6-11,14-18H2,1-5H3,(H,33,38). The van der Waals surface area contributed by atoms with E-state index in [0.717, 1.165) is 44.6 Å². The monoisotopic (exact) mass is 564 g/mol. The van der Waals surface area contributed by atoms with Crippen LogP contribution in [0.25, 0.3) is 22.2 Å². The minimum atomic E-state index is -0.153. The number of amides is 1. The van der Waals surface area contributed by atoms with Gasteiger partial charge in [0.1, 0.15) is 17.2 Å². The lowest BCUT2D eigenvalue weighted by molar-refractivity contribution is -0.116. The van der Waals surface area contributed by atoms with Gasteiger partial charge in [-0.25, -0.2) is 0 Å². The number of methoxy groups -OCH3 is 2. The number of likely N-dealkylation sites (tertiary alicyclic amines) is 1. The molecule has 9 nitrogen and oxygen atoms in total. The van der Waals surface area contributed by atoms with E-state index in [4.69, 9.17) is 14.2 Å². The van der Waals surface area contributed by atoms with Crippen molar-refractivity contribution in [2.24, 2.45) is 7.05 Å². The lowest BCUT2D eigenvalue weighted by Crippen LogP contribution is -2.31. The number of hydrogen-bond acceptors (Lipinski definition) is 7. The van der Waals surface area contributed by atoms with Crippen LogP contribution in [0.5, 0.6) is 17.2 Å². The third kappa shape index (κ3) is 7.80. The molecular formula is C32H44N4O5. The van der Waals surface area contributed by atoms with Crippen LogP contribution in [-0.2, 0) is 11.8 Å². The zero-order valence-corrected chi connectivity index (χ0v) is 25.1. The van der Waals surface area contributed by atoms with Crippen LogP contribution in [0.15, 0.2) is 41.2 Å². The number of carbonyl (C=O) groups excluding carboxylic acids is 1. The highest BCUT2D eigenvalue weighted by Gasteiger charge is 2.17. The van der Waals surface area contributed by atoms with Crippen molar-refractivity contribution in [1.29, 1.82) is 0 Å². The second kappa shape index (κ2) is 14.4. The highest BCUT2D eigenvalue weighted by molar-refractivity contribution is 5.94. The number of benzene rings is 2. The van der Waals surface area contributed by atoms with Crippen LogP contribution in [0.1, 0.15) is 38.5 Å². The molecule has 0 unspecified atom stereocenters. The molecule has 9 heteroatoms. The van der Waals surface area contributed by atoms with Gasteiger partial charge in [-0.1, -0.05) is 6.42 Å². The van der Waals surface area contributed by atoms with Gasteiger partial charge in [0, 0.05) is 43.8 Å². The smallest absolute Gasteiger partial charge is 0.224 e. The number of pyridine rings is 1. The van der Waals surface area contributed by atoms with Gasteiger partial charge in [-0.05, 0) is 77.6 Å². The van der Waals surface area contributed by atoms with Crippen molar-refractivity contribution in [3.63, 3.8) is 0 Å². The lowest BCUT2D eigenvalue weighted by atomic mass is 10.1. The first kappa shape index (κ1) is 30.4. The maximum absolute atomic E-state index is 13.3. The van der Waals surface area contributed by atoms with Gasteiger partial charge >= 0.3 is 0 Å². The number of nitrogens with zero attached hydrogens (tertiary/aromatic N) is 3. The topological polar surface area (TPSA) is 85.3 Å². The number of carbonyl (C=O) groups is 1. The van der Waals surface area contributed by atoms with Crippen molar-refractivity contribution in [1.82, 2.24) is 14.4 Å². The summed E-state index contributed by atoms with van der Waals surface area (Å²) in [6, 6.07) is 10.9. The molecule has 1 aliphatic heterocycles. The Hall–Kier alpha value is -3.56. The molecule has 1 saturated heterocycles. The minimum Gasteiger partial charge on any atom is -0.497 e. The first-order valence-corrected chi connectivity index (χ1v) is 14.5. The van der Waals surface area contributed by atoms with Crippen molar-refractivity contribution in [2.45, 2.75) is 38.5 Å². The Kier molecular flexibility index (Phi) is 10.7. The van der Waals surface area contributed by atoms with Crippen LogP contribution in [0.3, 0.4) is 0 Å². The van der Waals surface area contributed by atoms with Crippen molar-refractivity contribution in [3.05, 3.63) is 46.6 Å². The van der Waals surface area contributed by atoms with Crippen LogP contribution in [0.2, 0.25) is 0 Å². The predicted octanol–water partition coefficient (Wildman–Crippen LogP) is 4.76. The first-order chi connectivity index (χ1) is 19.8. The summed E-state index contributed by atoms with van der Waals surface area (Å²) in [5, 5.41) is 3.56. The van der Waals surface area contributed by atoms with E-state index < -0.39 is 0 Å². The van der Waals surface area contributed by atoms with E-state index in [9.17, 15) is 9.59 Å². The SMILES string of the molecule is COc1cc(OC)c2c(=O)cc(-c3ccc(OCCCN4CCCCC4)c(NC(=O)CCCN(C)C)c3)n(C)c2c1. The van der Waals surface area contributed by atoms with E-state index in [1.54, 1.807) is 26.4 Å². The second-order valence-corrected chi connectivity index (χ2v) is 10.9. The molecule has 0 bridgehead atoms. The quantitative estimate of drug-likeness (QED) is 0.300. The molecule has 1 aliphatic rings. The molecule has 0 saturated carbocycles. The Morgan fingerprint density at radius 3 is 2.46 bits per heavy atom. The number of aryl methyl sites for hydroxylation is 1. The third-order valence-corrected chi connectivity index (χ3v) is 7.63. The largest absolute Gasteiger partial charge is 0.497 e. The minimum absolute atomic E-state index is 0.0657. The first-order valence-electron chi connectivity index (χ1n) is 14.5. The summed E-state index contributed by atoms with van der Waals surface area (Å²) in [5.74, 6) is 1.62. The molecule has 0 aliphatic carbocycles. The molecule has 0 spiro atoms. The van der Waals surface area contributed by atoms with Crippen molar-refractivity contribution < 1.29 is 19.0 Å². The van der Waals surface area contributed by atoms with Gasteiger partial charge in [-0.3, -0.25) is 9.59 Å². The van der Waals surface area contributed by atoms with Crippen LogP contribution < -0.4 is 25.0 Å². The summed E-state index contributed by atoms with van der Waals surface area (Å²) < 4.78 is 19.1. The zero-order chi connectivity index (χ0) is 29.4. The molecule has 1 aromatic heterocycles. The average molecular weight is 565 g/mol. The van der Waals surface area contributed by atoms with Crippen LogP contribution >= 0.6 is 0 Å². The maximum atomic E-state index is 13.3. The maximum Gasteiger partial charge on any atom is 0.224 e. The van der Waals surface area contributed by atoms with Crippen LogP contribution in [0, 0.1) is 0 Å². The molecule has 2 heterocycles. The fourth-order valence-corrected chi connectivity index (χ4v) is 5.40. The average Bonchev–Trinajstić information content (AvgIpc) is 2.97. The van der Waals surface area contributed by atoms with Gasteiger partial charge in [0.15, 0.2) is 5.43 Å². The van der Waals surface area contributed by atoms with Crippen LogP contribution in [-0.4, -0.2) is 81.4 Å². The van der Waals surface area contributed by atoms with E-state index in [2.05, 4.69) is 15.1 Å². The summed E-state index contributed by atoms with van der Waals surface area (Å²) in [6.07, 6.45) is 5.94. The van der Waals surface area contributed by atoms with Gasteiger partial charge in [-0.2, -0.15) is 0 Å². The summed E-state index contributed by atoms with van der Waals surface area (Å²) in [6.45, 7) is 4.72. The number of rotatable bonds is 13. The Morgan fingerprint density at radius 1 is 0.976 bits per heavy atom. The van der Waals surface area contributed by atoms with E-state index >= 15 is 0 Å². The van der Waals surface area contributed by atoms with Gasteiger partial charge in [0.25, 0.3) is 0 Å². The molecular weight excluding hydrogens is 520 g/mol. The molecule has 0 radical (unpaired) electrons. The Labute approximate surface area is 243 Å². The van der Waals surface area contributed by atoms with Crippen LogP contribution in [0.4, 0.5) is 5.69 Å². The number of fused-ring (bicyclic) bond motifs is 1. The van der Waals surface area contributed by atoms with E-state index in [1.165, 1.54) is 19.3 Å². The van der Waals surface area contributed by atoms with Gasteiger partial charge < -0.3 is 33.9 Å². The van der Waals surface area contributed by atoms with E-state index in [1.807, 2.05) is 50.0 Å². The highest BCUT2D eigenvalue weighted by atomic mass is 16.5.